The lowest BCUT2D eigenvalue weighted by atomic mass is 9.93. The van der Waals surface area contributed by atoms with Gasteiger partial charge in [-0.1, -0.05) is 133 Å². The highest BCUT2D eigenvalue weighted by atomic mass is 16.3. The van der Waals surface area contributed by atoms with E-state index in [-0.39, 0.29) is 0 Å². The second kappa shape index (κ2) is 11.4. The van der Waals surface area contributed by atoms with E-state index in [0.717, 1.165) is 82.8 Å². The quantitative estimate of drug-likeness (QED) is 0.187. The van der Waals surface area contributed by atoms with Crippen molar-refractivity contribution in [3.05, 3.63) is 164 Å². The number of fused-ring (bicyclic) bond motifs is 6. The molecule has 10 rings (SSSR count). The van der Waals surface area contributed by atoms with E-state index < -0.39 is 0 Å². The third kappa shape index (κ3) is 4.67. The average Bonchev–Trinajstić information content (AvgIpc) is 3.76. The number of benzene rings is 7. The summed E-state index contributed by atoms with van der Waals surface area (Å²) in [6.45, 7) is 0. The summed E-state index contributed by atoms with van der Waals surface area (Å²) in [5, 5.41) is 4.35. The molecule has 0 fully saturated rings. The van der Waals surface area contributed by atoms with Gasteiger partial charge in [-0.2, -0.15) is 0 Å². The van der Waals surface area contributed by atoms with Crippen LogP contribution in [0.25, 0.3) is 100 Å². The van der Waals surface area contributed by atoms with Crippen LogP contribution in [0.2, 0.25) is 0 Å². The molecule has 0 saturated carbocycles. The number of rotatable bonds is 5. The Morgan fingerprint density at radius 3 is 1.56 bits per heavy atom. The van der Waals surface area contributed by atoms with Gasteiger partial charge in [-0.3, -0.25) is 0 Å². The summed E-state index contributed by atoms with van der Waals surface area (Å²) >= 11 is 0. The topological polar surface area (TPSA) is 65.0 Å². The summed E-state index contributed by atoms with van der Waals surface area (Å²) in [5.41, 5.74) is 10.1. The monoisotopic (exact) mass is 641 g/mol. The number of aromatic nitrogens is 3. The molecule has 0 bridgehead atoms. The lowest BCUT2D eigenvalue weighted by Crippen LogP contribution is -2.01. The third-order valence-corrected chi connectivity index (χ3v) is 9.36. The first-order valence-corrected chi connectivity index (χ1v) is 16.6. The van der Waals surface area contributed by atoms with E-state index in [1.165, 1.54) is 0 Å². The molecule has 50 heavy (non-hydrogen) atoms. The fourth-order valence-electron chi connectivity index (χ4n) is 6.95. The molecule has 0 atom stereocenters. The molecule has 10 aromatic rings. The molecule has 7 aromatic carbocycles. The van der Waals surface area contributed by atoms with Crippen LogP contribution in [-0.2, 0) is 0 Å². The van der Waals surface area contributed by atoms with E-state index in [2.05, 4.69) is 66.7 Å². The van der Waals surface area contributed by atoms with Gasteiger partial charge in [-0.15, -0.1) is 0 Å². The van der Waals surface area contributed by atoms with E-state index in [1.54, 1.807) is 0 Å². The molecule has 5 nitrogen and oxygen atoms in total. The van der Waals surface area contributed by atoms with Gasteiger partial charge in [0.2, 0.25) is 0 Å². The van der Waals surface area contributed by atoms with E-state index in [1.807, 2.05) is 97.1 Å². The number of para-hydroxylation sites is 3. The van der Waals surface area contributed by atoms with Crippen LogP contribution >= 0.6 is 0 Å². The van der Waals surface area contributed by atoms with Crippen molar-refractivity contribution < 1.29 is 8.83 Å². The minimum Gasteiger partial charge on any atom is -0.456 e. The van der Waals surface area contributed by atoms with Crippen LogP contribution in [0, 0.1) is 0 Å². The van der Waals surface area contributed by atoms with Gasteiger partial charge in [-0.25, -0.2) is 15.0 Å². The molecule has 3 aromatic heterocycles. The molecule has 0 unspecified atom stereocenters. The van der Waals surface area contributed by atoms with Crippen molar-refractivity contribution in [1.29, 1.82) is 0 Å². The van der Waals surface area contributed by atoms with Gasteiger partial charge in [0, 0.05) is 43.8 Å². The Labute approximate surface area is 287 Å². The molecular formula is C45H27N3O2. The minimum absolute atomic E-state index is 0.580. The normalized spacial score (nSPS) is 11.6. The Balaban J connectivity index is 1.24. The first-order chi connectivity index (χ1) is 24.8. The SMILES string of the molecule is c1ccc(-c2nc(-c3ccccc3)nc(-c3cc(-c4cccc5c4oc4ccccc45)ccc3-c3ccc4c(c3)oc3ccccc34)n2)cc1. The molecule has 0 aliphatic carbocycles. The van der Waals surface area contributed by atoms with E-state index in [0.29, 0.717) is 17.5 Å². The Bertz CT molecular complexity index is 2810. The number of hydrogen-bond donors (Lipinski definition) is 0. The van der Waals surface area contributed by atoms with Gasteiger partial charge in [-0.05, 0) is 47.0 Å². The van der Waals surface area contributed by atoms with E-state index >= 15 is 0 Å². The van der Waals surface area contributed by atoms with Crippen molar-refractivity contribution in [3.8, 4) is 56.4 Å². The average molecular weight is 642 g/mol. The number of hydrogen-bond acceptors (Lipinski definition) is 5. The zero-order valence-electron chi connectivity index (χ0n) is 26.7. The van der Waals surface area contributed by atoms with Crippen molar-refractivity contribution in [2.24, 2.45) is 0 Å². The fraction of sp³-hybridized carbons (Fsp3) is 0. The largest absolute Gasteiger partial charge is 0.456 e. The van der Waals surface area contributed by atoms with Crippen LogP contribution < -0.4 is 0 Å². The molecule has 0 aliphatic heterocycles. The van der Waals surface area contributed by atoms with E-state index in [4.69, 9.17) is 23.8 Å². The predicted molar refractivity (Wildman–Crippen MR) is 202 cm³/mol. The van der Waals surface area contributed by atoms with Gasteiger partial charge < -0.3 is 8.83 Å². The van der Waals surface area contributed by atoms with Crippen molar-refractivity contribution in [3.63, 3.8) is 0 Å². The van der Waals surface area contributed by atoms with Crippen molar-refractivity contribution in [2.45, 2.75) is 0 Å². The molecule has 5 heteroatoms. The van der Waals surface area contributed by atoms with Gasteiger partial charge in [0.05, 0.1) is 0 Å². The van der Waals surface area contributed by atoms with Crippen LogP contribution in [0.4, 0.5) is 0 Å². The second-order valence-electron chi connectivity index (χ2n) is 12.4. The zero-order chi connectivity index (χ0) is 33.0. The van der Waals surface area contributed by atoms with Gasteiger partial charge >= 0.3 is 0 Å². The first kappa shape index (κ1) is 28.2. The molecule has 0 radical (unpaired) electrons. The Kier molecular flexibility index (Phi) is 6.42. The summed E-state index contributed by atoms with van der Waals surface area (Å²) in [7, 11) is 0. The van der Waals surface area contributed by atoms with E-state index in [9.17, 15) is 0 Å². The highest BCUT2D eigenvalue weighted by Crippen LogP contribution is 2.41. The number of furan rings is 2. The highest BCUT2D eigenvalue weighted by Gasteiger charge is 2.20. The van der Waals surface area contributed by atoms with Crippen LogP contribution in [0.1, 0.15) is 0 Å². The highest BCUT2D eigenvalue weighted by molar-refractivity contribution is 6.10. The smallest absolute Gasteiger partial charge is 0.164 e. The Morgan fingerprint density at radius 2 is 0.840 bits per heavy atom. The summed E-state index contributed by atoms with van der Waals surface area (Å²) in [6.07, 6.45) is 0. The molecular weight excluding hydrogens is 615 g/mol. The maximum atomic E-state index is 6.48. The second-order valence-corrected chi connectivity index (χ2v) is 12.4. The molecule has 0 N–H and O–H groups in total. The molecule has 0 amide bonds. The van der Waals surface area contributed by atoms with Crippen LogP contribution in [0.3, 0.4) is 0 Å². The Morgan fingerprint density at radius 1 is 0.300 bits per heavy atom. The van der Waals surface area contributed by atoms with Crippen LogP contribution in [0.15, 0.2) is 173 Å². The number of nitrogens with zero attached hydrogens (tertiary/aromatic N) is 3. The van der Waals surface area contributed by atoms with Gasteiger partial charge in [0.25, 0.3) is 0 Å². The van der Waals surface area contributed by atoms with Crippen molar-refractivity contribution >= 4 is 43.9 Å². The lowest BCUT2D eigenvalue weighted by Gasteiger charge is -2.14. The van der Waals surface area contributed by atoms with Crippen LogP contribution in [-0.4, -0.2) is 15.0 Å². The molecule has 3 heterocycles. The molecule has 234 valence electrons. The molecule has 0 aliphatic rings. The first-order valence-electron chi connectivity index (χ1n) is 16.6. The minimum atomic E-state index is 0.580. The van der Waals surface area contributed by atoms with Crippen molar-refractivity contribution in [2.75, 3.05) is 0 Å². The summed E-state index contributed by atoms with van der Waals surface area (Å²) in [5.74, 6) is 1.80. The lowest BCUT2D eigenvalue weighted by molar-refractivity contribution is 0.669. The summed E-state index contributed by atoms with van der Waals surface area (Å²) in [4.78, 5) is 15.3. The van der Waals surface area contributed by atoms with Gasteiger partial charge in [0.15, 0.2) is 17.5 Å². The van der Waals surface area contributed by atoms with Crippen LogP contribution in [0.5, 0.6) is 0 Å². The molecule has 0 spiro atoms. The van der Waals surface area contributed by atoms with Gasteiger partial charge in [0.1, 0.15) is 22.3 Å². The summed E-state index contributed by atoms with van der Waals surface area (Å²) in [6, 6.07) is 55.7. The zero-order valence-corrected chi connectivity index (χ0v) is 26.7. The maximum absolute atomic E-state index is 6.48. The Hall–Kier alpha value is -6.85. The van der Waals surface area contributed by atoms with Crippen molar-refractivity contribution in [1.82, 2.24) is 15.0 Å². The molecule has 0 saturated heterocycles. The predicted octanol–water partition coefficient (Wildman–Crippen LogP) is 12.0. The fourth-order valence-corrected chi connectivity index (χ4v) is 6.95. The summed E-state index contributed by atoms with van der Waals surface area (Å²) < 4.78 is 12.8. The maximum Gasteiger partial charge on any atom is 0.164 e. The standard InChI is InChI=1S/C45H27N3O2/c1-3-12-28(13-4-1)43-46-44(29-14-5-2-6-15-29)48-45(47-43)38-26-30(33-18-11-19-37-35-17-8-10-21-40(35)50-42(33)37)22-24-32(38)31-23-25-36-34-16-7-9-20-39(34)49-41(36)27-31/h1-27H. The third-order valence-electron chi connectivity index (χ3n) is 9.36.